The summed E-state index contributed by atoms with van der Waals surface area (Å²) in [4.78, 5) is 13.6. The molecular weight excluding hydrogens is 259 g/mol. The van der Waals surface area contributed by atoms with Gasteiger partial charge in [0.15, 0.2) is 0 Å². The summed E-state index contributed by atoms with van der Waals surface area (Å²) >= 11 is 2.05. The largest absolute Gasteiger partial charge is 0.327 e. The van der Waals surface area contributed by atoms with Crippen LogP contribution in [0.15, 0.2) is 17.1 Å². The fourth-order valence-corrected chi connectivity index (χ4v) is 1.44. The third-order valence-corrected chi connectivity index (χ3v) is 2.19. The monoisotopic (exact) mass is 264 g/mol. The van der Waals surface area contributed by atoms with Gasteiger partial charge in [0.25, 0.3) is 5.56 Å². The second-order valence-electron chi connectivity index (χ2n) is 2.08. The highest BCUT2D eigenvalue weighted by molar-refractivity contribution is 14.1. The first-order valence-electron chi connectivity index (χ1n) is 2.98. The van der Waals surface area contributed by atoms with Crippen LogP contribution in [-0.2, 0) is 0 Å². The van der Waals surface area contributed by atoms with Crippen LogP contribution < -0.4 is 19.7 Å². The Bertz CT molecular complexity index is 335. The Hall–Kier alpha value is -0.760. The number of aromatic amines is 1. The van der Waals surface area contributed by atoms with Crippen molar-refractivity contribution >= 4 is 34.2 Å². The van der Waals surface area contributed by atoms with E-state index in [1.165, 1.54) is 0 Å². The van der Waals surface area contributed by atoms with Crippen LogP contribution in [-0.4, -0.2) is 4.98 Å². The Morgan fingerprint density at radius 3 is 3.09 bits per heavy atom. The third kappa shape index (κ3) is 0.979. The van der Waals surface area contributed by atoms with Crippen molar-refractivity contribution in [3.8, 4) is 0 Å². The maximum absolute atomic E-state index is 11.1. The van der Waals surface area contributed by atoms with Gasteiger partial charge in [-0.15, -0.1) is 5.53 Å². The molecule has 6 heteroatoms. The van der Waals surface area contributed by atoms with E-state index in [4.69, 9.17) is 0 Å². The molecule has 0 unspecified atom stereocenters. The molecule has 3 N–H and O–H groups in total. The van der Waals surface area contributed by atoms with Gasteiger partial charge in [-0.3, -0.25) is 10.2 Å². The van der Waals surface area contributed by atoms with Crippen molar-refractivity contribution in [2.75, 3.05) is 8.65 Å². The summed E-state index contributed by atoms with van der Waals surface area (Å²) < 4.78 is 1.71. The van der Waals surface area contributed by atoms with Gasteiger partial charge in [-0.2, -0.15) is 0 Å². The molecule has 0 saturated heterocycles. The molecule has 0 saturated carbocycles. The summed E-state index contributed by atoms with van der Waals surface area (Å²) in [6, 6.07) is 1.82. The van der Waals surface area contributed by atoms with E-state index in [9.17, 15) is 4.79 Å². The van der Waals surface area contributed by atoms with Gasteiger partial charge in [0.05, 0.1) is 28.6 Å². The van der Waals surface area contributed by atoms with E-state index in [-0.39, 0.29) is 5.56 Å². The minimum atomic E-state index is -0.117. The van der Waals surface area contributed by atoms with E-state index in [0.29, 0.717) is 5.69 Å². The molecule has 5 nitrogen and oxygen atoms in total. The van der Waals surface area contributed by atoms with Gasteiger partial charge in [0, 0.05) is 6.20 Å². The fourth-order valence-electron chi connectivity index (χ4n) is 0.918. The highest BCUT2D eigenvalue weighted by Gasteiger charge is 2.17. The normalized spacial score (nSPS) is 14.5. The number of aromatic nitrogens is 1. The van der Waals surface area contributed by atoms with Crippen LogP contribution in [0, 0.1) is 0 Å². The molecule has 1 aromatic rings. The van der Waals surface area contributed by atoms with Crippen LogP contribution in [0.1, 0.15) is 0 Å². The summed E-state index contributed by atoms with van der Waals surface area (Å²) in [7, 11) is 0. The maximum atomic E-state index is 11.1. The smallest absolute Gasteiger partial charge is 0.274 e. The number of anilines is 2. The zero-order chi connectivity index (χ0) is 7.84. The molecule has 0 atom stereocenters. The van der Waals surface area contributed by atoms with Crippen molar-refractivity contribution < 1.29 is 0 Å². The lowest BCUT2D eigenvalue weighted by molar-refractivity contribution is 0.949. The van der Waals surface area contributed by atoms with Gasteiger partial charge < -0.3 is 4.98 Å². The topological polar surface area (TPSA) is 60.2 Å². The first-order valence-corrected chi connectivity index (χ1v) is 3.95. The molecule has 1 aliphatic heterocycles. The van der Waals surface area contributed by atoms with Gasteiger partial charge in [-0.1, -0.05) is 0 Å². The van der Waals surface area contributed by atoms with Crippen LogP contribution in [0.5, 0.6) is 0 Å². The highest BCUT2D eigenvalue weighted by atomic mass is 127. The summed E-state index contributed by atoms with van der Waals surface area (Å²) in [5.74, 6) is 0. The Kier molecular flexibility index (Phi) is 1.50. The van der Waals surface area contributed by atoms with E-state index in [1.807, 2.05) is 28.9 Å². The standard InChI is InChI=1S/C5H5IN4O/c6-10-3-1-2-7-5(11)4(3)8-9-10/h1-2,8-9H,(H,7,11). The Morgan fingerprint density at radius 1 is 1.55 bits per heavy atom. The van der Waals surface area contributed by atoms with E-state index in [1.54, 1.807) is 9.42 Å². The lowest BCUT2D eigenvalue weighted by atomic mass is 10.4. The second kappa shape index (κ2) is 2.38. The molecule has 2 heterocycles. The molecule has 11 heavy (non-hydrogen) atoms. The summed E-state index contributed by atoms with van der Waals surface area (Å²) in [6.45, 7) is 0. The molecule has 0 fully saturated rings. The maximum Gasteiger partial charge on any atom is 0.274 e. The van der Waals surface area contributed by atoms with Crippen LogP contribution in [0.25, 0.3) is 0 Å². The molecule has 0 amide bonds. The average molecular weight is 264 g/mol. The summed E-state index contributed by atoms with van der Waals surface area (Å²) in [6.07, 6.45) is 1.61. The highest BCUT2D eigenvalue weighted by Crippen LogP contribution is 2.26. The molecule has 2 rings (SSSR count). The minimum Gasteiger partial charge on any atom is -0.327 e. The number of H-pyrrole nitrogens is 1. The van der Waals surface area contributed by atoms with Crippen LogP contribution in [0.2, 0.25) is 0 Å². The molecule has 0 aromatic carbocycles. The number of halogens is 1. The summed E-state index contributed by atoms with van der Waals surface area (Å²) in [5.41, 5.74) is 6.80. The molecule has 58 valence electrons. The Labute approximate surface area is 76.2 Å². The molecule has 0 aliphatic carbocycles. The minimum absolute atomic E-state index is 0.117. The Morgan fingerprint density at radius 2 is 2.36 bits per heavy atom. The molecular formula is C5H5IN4O. The van der Waals surface area contributed by atoms with Gasteiger partial charge in [-0.05, 0) is 6.07 Å². The van der Waals surface area contributed by atoms with Crippen LogP contribution >= 0.6 is 22.9 Å². The van der Waals surface area contributed by atoms with Crippen LogP contribution in [0.3, 0.4) is 0 Å². The zero-order valence-corrected chi connectivity index (χ0v) is 7.55. The number of pyridine rings is 1. The lowest BCUT2D eigenvalue weighted by Gasteiger charge is -2.04. The van der Waals surface area contributed by atoms with Gasteiger partial charge in [0.2, 0.25) is 0 Å². The third-order valence-electron chi connectivity index (χ3n) is 1.43. The van der Waals surface area contributed by atoms with Crippen molar-refractivity contribution in [2.45, 2.75) is 0 Å². The summed E-state index contributed by atoms with van der Waals surface area (Å²) in [5, 5.41) is 0. The van der Waals surface area contributed by atoms with Crippen molar-refractivity contribution in [2.24, 2.45) is 0 Å². The van der Waals surface area contributed by atoms with Crippen molar-refractivity contribution in [3.63, 3.8) is 0 Å². The molecule has 0 spiro atoms. The Balaban J connectivity index is 2.66. The van der Waals surface area contributed by atoms with Gasteiger partial charge >= 0.3 is 0 Å². The quantitative estimate of drug-likeness (QED) is 0.468. The van der Waals surface area contributed by atoms with Crippen LogP contribution in [0.4, 0.5) is 11.4 Å². The van der Waals surface area contributed by atoms with Crippen molar-refractivity contribution in [3.05, 3.63) is 22.6 Å². The van der Waals surface area contributed by atoms with Gasteiger partial charge in [0.1, 0.15) is 5.69 Å². The number of nitrogens with one attached hydrogen (secondary N) is 3. The predicted octanol–water partition coefficient (Wildman–Crippen LogP) is 0.376. The van der Waals surface area contributed by atoms with Gasteiger partial charge in [-0.25, -0.2) is 3.22 Å². The fraction of sp³-hybridized carbons (Fsp3) is 0. The van der Waals surface area contributed by atoms with Crippen molar-refractivity contribution in [1.29, 1.82) is 0 Å². The molecule has 1 aromatic heterocycles. The number of rotatable bonds is 0. The van der Waals surface area contributed by atoms with E-state index >= 15 is 0 Å². The molecule has 1 aliphatic rings. The first-order chi connectivity index (χ1) is 5.29. The van der Waals surface area contributed by atoms with E-state index in [0.717, 1.165) is 5.69 Å². The van der Waals surface area contributed by atoms with E-state index < -0.39 is 0 Å². The number of hydrazine groups is 2. The molecule has 0 bridgehead atoms. The first kappa shape index (κ1) is 6.92. The average Bonchev–Trinajstić information content (AvgIpc) is 2.35. The predicted molar refractivity (Wildman–Crippen MR) is 50.3 cm³/mol. The lowest BCUT2D eigenvalue weighted by Crippen LogP contribution is -2.26. The van der Waals surface area contributed by atoms with E-state index in [2.05, 4.69) is 15.9 Å². The number of fused-ring (bicyclic) bond motifs is 1. The zero-order valence-electron chi connectivity index (χ0n) is 5.39. The second-order valence-corrected chi connectivity index (χ2v) is 3.05. The van der Waals surface area contributed by atoms with Crippen molar-refractivity contribution in [1.82, 2.24) is 10.5 Å². The number of nitrogens with zero attached hydrogens (tertiary/aromatic N) is 1. The SMILES string of the molecule is O=c1[nH]ccc2c1NNN2I. The number of hydrogen-bond donors (Lipinski definition) is 3. The number of hydrogen-bond acceptors (Lipinski definition) is 4. The molecule has 0 radical (unpaired) electrons.